The van der Waals surface area contributed by atoms with Crippen molar-refractivity contribution >= 4 is 5.78 Å². The second-order valence-electron chi connectivity index (χ2n) is 3.00. The van der Waals surface area contributed by atoms with E-state index in [0.717, 1.165) is 23.5 Å². The predicted octanol–water partition coefficient (Wildman–Crippen LogP) is 2.56. The van der Waals surface area contributed by atoms with Gasteiger partial charge in [-0.15, -0.1) is 0 Å². The normalized spacial score (nSPS) is 10.6. The van der Waals surface area contributed by atoms with Crippen LogP contribution < -0.4 is 0 Å². The van der Waals surface area contributed by atoms with Gasteiger partial charge in [-0.05, 0) is 19.4 Å². The van der Waals surface area contributed by atoms with E-state index in [1.807, 2.05) is 26.0 Å². The molecule has 0 amide bonds. The molecule has 2 heteroatoms. The number of aliphatic hydroxyl groups is 1. The molecule has 13 heavy (non-hydrogen) atoms. The van der Waals surface area contributed by atoms with Crippen LogP contribution in [0.2, 0.25) is 0 Å². The molecular weight excluding hydrogens is 164 g/mol. The molecule has 0 fully saturated rings. The van der Waals surface area contributed by atoms with Crippen LogP contribution in [-0.4, -0.2) is 10.9 Å². The average molecular weight is 176 g/mol. The van der Waals surface area contributed by atoms with Crippen LogP contribution in [0.1, 0.15) is 21.5 Å². The largest absolute Gasteiger partial charge is 0.515 e. The summed E-state index contributed by atoms with van der Waals surface area (Å²) in [6.07, 6.45) is 1.92. The first-order valence-electron chi connectivity index (χ1n) is 4.07. The average Bonchev–Trinajstić information content (AvgIpc) is 2.04. The number of aliphatic hydroxyl groups excluding tert-OH is 1. The second kappa shape index (κ2) is 3.90. The highest BCUT2D eigenvalue weighted by Crippen LogP contribution is 2.11. The van der Waals surface area contributed by atoms with Crippen LogP contribution in [0.25, 0.3) is 0 Å². The van der Waals surface area contributed by atoms with E-state index in [2.05, 4.69) is 0 Å². The Hall–Kier alpha value is -1.57. The Bertz CT molecular complexity index is 351. The fraction of sp³-hybridized carbons (Fsp3) is 0.182. The van der Waals surface area contributed by atoms with E-state index in [1.165, 1.54) is 0 Å². The van der Waals surface area contributed by atoms with E-state index in [4.69, 9.17) is 5.11 Å². The molecule has 0 unspecified atom stereocenters. The van der Waals surface area contributed by atoms with Crippen LogP contribution in [0.5, 0.6) is 0 Å². The standard InChI is InChI=1S/C11H12O2/c1-8-3-4-10(9(2)7-8)11(13)5-6-12/h3-7,12H,1-2H3. The van der Waals surface area contributed by atoms with Crippen molar-refractivity contribution in [3.63, 3.8) is 0 Å². The third-order valence-electron chi connectivity index (χ3n) is 1.87. The van der Waals surface area contributed by atoms with Crippen LogP contribution in [0.4, 0.5) is 0 Å². The van der Waals surface area contributed by atoms with E-state index in [-0.39, 0.29) is 5.78 Å². The second-order valence-corrected chi connectivity index (χ2v) is 3.00. The number of benzene rings is 1. The smallest absolute Gasteiger partial charge is 0.189 e. The van der Waals surface area contributed by atoms with Gasteiger partial charge in [-0.2, -0.15) is 0 Å². The summed E-state index contributed by atoms with van der Waals surface area (Å²) in [6, 6.07) is 5.59. The maximum Gasteiger partial charge on any atom is 0.189 e. The van der Waals surface area contributed by atoms with E-state index in [0.29, 0.717) is 5.56 Å². The number of allylic oxidation sites excluding steroid dienone is 1. The molecule has 0 aromatic heterocycles. The predicted molar refractivity (Wildman–Crippen MR) is 52.0 cm³/mol. The van der Waals surface area contributed by atoms with Gasteiger partial charge in [0.1, 0.15) is 0 Å². The minimum Gasteiger partial charge on any atom is -0.515 e. The quantitative estimate of drug-likeness (QED) is 0.427. The molecule has 0 spiro atoms. The van der Waals surface area contributed by atoms with Crippen molar-refractivity contribution in [2.75, 3.05) is 0 Å². The van der Waals surface area contributed by atoms with Gasteiger partial charge in [-0.25, -0.2) is 0 Å². The van der Waals surface area contributed by atoms with Crippen molar-refractivity contribution < 1.29 is 9.90 Å². The number of carbonyl (C=O) groups is 1. The fourth-order valence-electron chi connectivity index (χ4n) is 1.25. The van der Waals surface area contributed by atoms with Gasteiger partial charge in [0.05, 0.1) is 6.26 Å². The number of ketones is 1. The Balaban J connectivity index is 3.09. The molecule has 0 saturated heterocycles. The maximum atomic E-state index is 11.3. The lowest BCUT2D eigenvalue weighted by Crippen LogP contribution is -1.97. The summed E-state index contributed by atoms with van der Waals surface area (Å²) < 4.78 is 0. The number of aryl methyl sites for hydroxylation is 2. The molecule has 1 N–H and O–H groups in total. The summed E-state index contributed by atoms with van der Waals surface area (Å²) in [7, 11) is 0. The molecule has 0 saturated carbocycles. The first-order valence-corrected chi connectivity index (χ1v) is 4.07. The van der Waals surface area contributed by atoms with Gasteiger partial charge >= 0.3 is 0 Å². The van der Waals surface area contributed by atoms with Crippen LogP contribution in [0.3, 0.4) is 0 Å². The van der Waals surface area contributed by atoms with Crippen molar-refractivity contribution in [3.8, 4) is 0 Å². The SMILES string of the molecule is Cc1ccc(C(=O)C=CO)c(C)c1. The Labute approximate surface area is 77.5 Å². The zero-order valence-electron chi connectivity index (χ0n) is 7.74. The lowest BCUT2D eigenvalue weighted by molar-refractivity contribution is 0.104. The highest BCUT2D eigenvalue weighted by atomic mass is 16.2. The van der Waals surface area contributed by atoms with Crippen LogP contribution in [-0.2, 0) is 0 Å². The minimum absolute atomic E-state index is 0.167. The van der Waals surface area contributed by atoms with Gasteiger partial charge in [0.15, 0.2) is 5.78 Å². The fourth-order valence-corrected chi connectivity index (χ4v) is 1.25. The van der Waals surface area contributed by atoms with Crippen molar-refractivity contribution in [2.45, 2.75) is 13.8 Å². The lowest BCUT2D eigenvalue weighted by atomic mass is 10.0. The van der Waals surface area contributed by atoms with Gasteiger partial charge in [0.25, 0.3) is 0 Å². The van der Waals surface area contributed by atoms with Crippen molar-refractivity contribution in [2.24, 2.45) is 0 Å². The van der Waals surface area contributed by atoms with Gasteiger partial charge in [-0.1, -0.05) is 23.8 Å². The summed E-state index contributed by atoms with van der Waals surface area (Å²) in [6.45, 7) is 3.86. The Morgan fingerprint density at radius 3 is 2.62 bits per heavy atom. The molecule has 1 aromatic carbocycles. The Morgan fingerprint density at radius 1 is 1.38 bits per heavy atom. The topological polar surface area (TPSA) is 37.3 Å². The number of hydrogen-bond acceptors (Lipinski definition) is 2. The summed E-state index contributed by atoms with van der Waals surface area (Å²) in [5.74, 6) is -0.167. The van der Waals surface area contributed by atoms with E-state index in [9.17, 15) is 4.79 Å². The van der Waals surface area contributed by atoms with Crippen LogP contribution in [0, 0.1) is 13.8 Å². The third kappa shape index (κ3) is 2.18. The number of carbonyl (C=O) groups excluding carboxylic acids is 1. The summed E-state index contributed by atoms with van der Waals surface area (Å²) in [5, 5.41) is 8.44. The van der Waals surface area contributed by atoms with Gasteiger partial charge in [-0.3, -0.25) is 4.79 Å². The molecule has 1 rings (SSSR count). The first-order chi connectivity index (χ1) is 6.15. The van der Waals surface area contributed by atoms with E-state index < -0.39 is 0 Å². The van der Waals surface area contributed by atoms with Crippen LogP contribution >= 0.6 is 0 Å². The number of rotatable bonds is 2. The molecule has 2 nitrogen and oxygen atoms in total. The molecule has 0 aliphatic heterocycles. The monoisotopic (exact) mass is 176 g/mol. The lowest BCUT2D eigenvalue weighted by Gasteiger charge is -2.02. The highest BCUT2D eigenvalue weighted by molar-refractivity contribution is 6.05. The Kier molecular flexibility index (Phi) is 2.85. The molecule has 0 heterocycles. The molecule has 0 atom stereocenters. The molecule has 0 aliphatic rings. The summed E-state index contributed by atoms with van der Waals surface area (Å²) in [5.41, 5.74) is 2.70. The molecule has 1 aromatic rings. The van der Waals surface area contributed by atoms with Crippen LogP contribution in [0.15, 0.2) is 30.5 Å². The van der Waals surface area contributed by atoms with Crippen molar-refractivity contribution in [1.29, 1.82) is 0 Å². The van der Waals surface area contributed by atoms with Gasteiger partial charge in [0, 0.05) is 11.6 Å². The maximum absolute atomic E-state index is 11.3. The van der Waals surface area contributed by atoms with Gasteiger partial charge < -0.3 is 5.11 Å². The van der Waals surface area contributed by atoms with Gasteiger partial charge in [0.2, 0.25) is 0 Å². The molecular formula is C11H12O2. The molecule has 68 valence electrons. The Morgan fingerprint density at radius 2 is 2.08 bits per heavy atom. The van der Waals surface area contributed by atoms with E-state index in [1.54, 1.807) is 6.07 Å². The number of hydrogen-bond donors (Lipinski definition) is 1. The minimum atomic E-state index is -0.167. The molecule has 0 bridgehead atoms. The molecule has 0 radical (unpaired) electrons. The third-order valence-corrected chi connectivity index (χ3v) is 1.87. The zero-order valence-corrected chi connectivity index (χ0v) is 7.74. The first kappa shape index (κ1) is 9.52. The summed E-state index contributed by atoms with van der Waals surface area (Å²) in [4.78, 5) is 11.3. The summed E-state index contributed by atoms with van der Waals surface area (Å²) >= 11 is 0. The van der Waals surface area contributed by atoms with E-state index >= 15 is 0 Å². The highest BCUT2D eigenvalue weighted by Gasteiger charge is 2.04. The van der Waals surface area contributed by atoms with Crippen molar-refractivity contribution in [3.05, 3.63) is 47.2 Å². The zero-order chi connectivity index (χ0) is 9.84. The molecule has 0 aliphatic carbocycles. The van der Waals surface area contributed by atoms with Crippen molar-refractivity contribution in [1.82, 2.24) is 0 Å².